The normalized spacial score (nSPS) is 10.7. The second-order valence-corrected chi connectivity index (χ2v) is 6.53. The van der Waals surface area contributed by atoms with Gasteiger partial charge in [-0.3, -0.25) is 4.90 Å². The number of benzene rings is 2. The van der Waals surface area contributed by atoms with Crippen LogP contribution in [0.3, 0.4) is 0 Å². The monoisotopic (exact) mass is 465 g/mol. The standard InChI is InChI=1S/C13H13N3.C6H15NO3.C4H11NO2/c14-13(15-11-7-3-1-4-8-11)16-12-9-5-2-6-10-12;8-4-1-7(2-5-9)3-6-10;6-3-1-5-2-4-7/h1-10H,(H3,14,15,16);8-10H,1-6H2;5-7H,1-4H2. The first-order chi connectivity index (χ1) is 16.1. The van der Waals surface area contributed by atoms with Crippen molar-refractivity contribution < 1.29 is 25.5 Å². The van der Waals surface area contributed by atoms with Gasteiger partial charge < -0.3 is 41.9 Å². The van der Waals surface area contributed by atoms with Crippen LogP contribution in [0.25, 0.3) is 0 Å². The highest BCUT2D eigenvalue weighted by atomic mass is 16.3. The average Bonchev–Trinajstić information content (AvgIpc) is 2.82. The number of nitrogens with two attached hydrogens (primary N) is 1. The Morgan fingerprint density at radius 3 is 1.58 bits per heavy atom. The first-order valence-electron chi connectivity index (χ1n) is 10.8. The molecule has 0 bridgehead atoms. The van der Waals surface area contributed by atoms with Crippen molar-refractivity contribution >= 4 is 17.3 Å². The first kappa shape index (κ1) is 30.4. The fraction of sp³-hybridized carbons (Fsp3) is 0.435. The number of nitrogens with one attached hydrogen (secondary N) is 2. The molecule has 0 atom stereocenters. The summed E-state index contributed by atoms with van der Waals surface area (Å²) in [6.45, 7) is 3.17. The lowest BCUT2D eigenvalue weighted by Gasteiger charge is -2.17. The van der Waals surface area contributed by atoms with Gasteiger partial charge in [0.25, 0.3) is 0 Å². The highest BCUT2D eigenvalue weighted by Crippen LogP contribution is 2.10. The molecule has 33 heavy (non-hydrogen) atoms. The molecule has 10 heteroatoms. The van der Waals surface area contributed by atoms with E-state index in [0.29, 0.717) is 38.7 Å². The van der Waals surface area contributed by atoms with E-state index in [1.807, 2.05) is 60.7 Å². The summed E-state index contributed by atoms with van der Waals surface area (Å²) in [5.74, 6) is 0.386. The molecule has 0 aromatic heterocycles. The summed E-state index contributed by atoms with van der Waals surface area (Å²) < 4.78 is 0. The number of guanidine groups is 1. The number of hydrogen-bond acceptors (Lipinski definition) is 8. The Morgan fingerprint density at radius 1 is 0.697 bits per heavy atom. The largest absolute Gasteiger partial charge is 0.395 e. The van der Waals surface area contributed by atoms with Gasteiger partial charge in [0.1, 0.15) is 0 Å². The van der Waals surface area contributed by atoms with Crippen molar-refractivity contribution in [2.24, 2.45) is 10.7 Å². The van der Waals surface area contributed by atoms with Crippen molar-refractivity contribution in [2.75, 3.05) is 71.1 Å². The molecule has 0 spiro atoms. The molecular formula is C23H39N5O5. The lowest BCUT2D eigenvalue weighted by molar-refractivity contribution is 0.136. The van der Waals surface area contributed by atoms with Crippen LogP contribution in [0.4, 0.5) is 11.4 Å². The predicted molar refractivity (Wildman–Crippen MR) is 133 cm³/mol. The van der Waals surface area contributed by atoms with Crippen molar-refractivity contribution in [3.63, 3.8) is 0 Å². The smallest absolute Gasteiger partial charge is 0.198 e. The third-order valence-electron chi connectivity index (χ3n) is 3.88. The van der Waals surface area contributed by atoms with Crippen LogP contribution in [0.2, 0.25) is 0 Å². The number of aliphatic hydroxyl groups excluding tert-OH is 5. The van der Waals surface area contributed by atoms with Gasteiger partial charge >= 0.3 is 0 Å². The van der Waals surface area contributed by atoms with Gasteiger partial charge in [-0.15, -0.1) is 0 Å². The highest BCUT2D eigenvalue weighted by molar-refractivity contribution is 5.93. The molecule has 2 aromatic carbocycles. The molecule has 0 saturated heterocycles. The second kappa shape index (κ2) is 22.6. The fourth-order valence-electron chi connectivity index (χ4n) is 2.38. The molecule has 9 N–H and O–H groups in total. The van der Waals surface area contributed by atoms with Gasteiger partial charge in [0.05, 0.1) is 38.7 Å². The van der Waals surface area contributed by atoms with E-state index < -0.39 is 0 Å². The van der Waals surface area contributed by atoms with Gasteiger partial charge in [-0.25, -0.2) is 4.99 Å². The average molecular weight is 466 g/mol. The zero-order valence-electron chi connectivity index (χ0n) is 19.1. The summed E-state index contributed by atoms with van der Waals surface area (Å²) in [6.07, 6.45) is 0. The van der Waals surface area contributed by atoms with E-state index in [2.05, 4.69) is 15.6 Å². The molecule has 0 amide bonds. The Kier molecular flexibility index (Phi) is 20.9. The molecule has 0 radical (unpaired) electrons. The summed E-state index contributed by atoms with van der Waals surface area (Å²) in [6, 6.07) is 19.3. The lowest BCUT2D eigenvalue weighted by Crippen LogP contribution is -2.32. The molecule has 0 heterocycles. The maximum absolute atomic E-state index is 8.48. The summed E-state index contributed by atoms with van der Waals surface area (Å²) in [7, 11) is 0. The van der Waals surface area contributed by atoms with Crippen molar-refractivity contribution in [3.05, 3.63) is 60.7 Å². The third-order valence-corrected chi connectivity index (χ3v) is 3.88. The second-order valence-electron chi connectivity index (χ2n) is 6.53. The molecule has 0 fully saturated rings. The Bertz CT molecular complexity index is 674. The van der Waals surface area contributed by atoms with E-state index in [9.17, 15) is 0 Å². The number of para-hydroxylation sites is 2. The first-order valence-corrected chi connectivity index (χ1v) is 10.8. The summed E-state index contributed by atoms with van der Waals surface area (Å²) >= 11 is 0. The zero-order chi connectivity index (χ0) is 24.6. The van der Waals surface area contributed by atoms with Crippen LogP contribution >= 0.6 is 0 Å². The molecule has 0 saturated carbocycles. The predicted octanol–water partition coefficient (Wildman–Crippen LogP) is -0.429. The van der Waals surface area contributed by atoms with Crippen molar-refractivity contribution in [1.82, 2.24) is 10.2 Å². The van der Waals surface area contributed by atoms with Crippen LogP contribution < -0.4 is 16.4 Å². The number of aliphatic hydroxyl groups is 5. The van der Waals surface area contributed by atoms with Gasteiger partial charge in [-0.1, -0.05) is 36.4 Å². The molecule has 2 aromatic rings. The number of aliphatic imine (C=N–C) groups is 1. The molecule has 186 valence electrons. The molecule has 0 aliphatic rings. The molecule has 10 nitrogen and oxygen atoms in total. The molecule has 0 aliphatic carbocycles. The topological polar surface area (TPSA) is 167 Å². The number of hydrogen-bond donors (Lipinski definition) is 8. The molecule has 0 unspecified atom stereocenters. The number of nitrogens with zero attached hydrogens (tertiary/aromatic N) is 2. The Balaban J connectivity index is 0.000000519. The Morgan fingerprint density at radius 2 is 1.15 bits per heavy atom. The molecular weight excluding hydrogens is 426 g/mol. The van der Waals surface area contributed by atoms with Gasteiger partial charge in [0.15, 0.2) is 5.96 Å². The minimum absolute atomic E-state index is 0.0694. The third kappa shape index (κ3) is 18.7. The minimum Gasteiger partial charge on any atom is -0.395 e. The summed E-state index contributed by atoms with van der Waals surface area (Å²) in [5, 5.41) is 47.6. The fourth-order valence-corrected chi connectivity index (χ4v) is 2.38. The SMILES string of the molecule is NC(=Nc1ccccc1)Nc1ccccc1.OCCN(CCO)CCO.OCCNCCO. The van der Waals surface area contributed by atoms with E-state index in [1.165, 1.54) is 0 Å². The van der Waals surface area contributed by atoms with Gasteiger partial charge in [0, 0.05) is 38.4 Å². The van der Waals surface area contributed by atoms with Crippen LogP contribution in [-0.4, -0.2) is 102 Å². The number of rotatable bonds is 12. The minimum atomic E-state index is 0.0694. The van der Waals surface area contributed by atoms with E-state index in [4.69, 9.17) is 31.3 Å². The maximum atomic E-state index is 8.48. The summed E-state index contributed by atoms with van der Waals surface area (Å²) in [5.41, 5.74) is 7.54. The lowest BCUT2D eigenvalue weighted by atomic mass is 10.3. The molecule has 2 rings (SSSR count). The van der Waals surface area contributed by atoms with E-state index in [0.717, 1.165) is 11.4 Å². The van der Waals surface area contributed by atoms with Crippen molar-refractivity contribution in [3.8, 4) is 0 Å². The van der Waals surface area contributed by atoms with Crippen LogP contribution in [0, 0.1) is 0 Å². The zero-order valence-corrected chi connectivity index (χ0v) is 19.1. The van der Waals surface area contributed by atoms with Gasteiger partial charge in [0.2, 0.25) is 0 Å². The summed E-state index contributed by atoms with van der Waals surface area (Å²) in [4.78, 5) is 6.03. The number of anilines is 1. The Hall–Kier alpha value is -2.57. The molecule has 0 aliphatic heterocycles. The van der Waals surface area contributed by atoms with E-state index in [-0.39, 0.29) is 33.0 Å². The van der Waals surface area contributed by atoms with Crippen LogP contribution in [0.5, 0.6) is 0 Å². The van der Waals surface area contributed by atoms with Crippen LogP contribution in [0.15, 0.2) is 65.7 Å². The quantitative estimate of drug-likeness (QED) is 0.118. The van der Waals surface area contributed by atoms with Crippen molar-refractivity contribution in [2.45, 2.75) is 0 Å². The van der Waals surface area contributed by atoms with Crippen molar-refractivity contribution in [1.29, 1.82) is 0 Å². The van der Waals surface area contributed by atoms with Gasteiger partial charge in [-0.05, 0) is 24.3 Å². The van der Waals surface area contributed by atoms with E-state index in [1.54, 1.807) is 4.90 Å². The van der Waals surface area contributed by atoms with E-state index >= 15 is 0 Å². The van der Waals surface area contributed by atoms with Crippen LogP contribution in [0.1, 0.15) is 0 Å². The Labute approximate surface area is 196 Å². The highest BCUT2D eigenvalue weighted by Gasteiger charge is 2.00. The van der Waals surface area contributed by atoms with Gasteiger partial charge in [-0.2, -0.15) is 0 Å². The maximum Gasteiger partial charge on any atom is 0.198 e. The van der Waals surface area contributed by atoms with Crippen LogP contribution in [-0.2, 0) is 0 Å².